The van der Waals surface area contributed by atoms with Gasteiger partial charge < -0.3 is 4.42 Å². The van der Waals surface area contributed by atoms with E-state index in [2.05, 4.69) is 10.2 Å². The maximum absolute atomic E-state index is 13.8. The second-order valence-corrected chi connectivity index (χ2v) is 11.4. The van der Waals surface area contributed by atoms with Crippen molar-refractivity contribution in [2.75, 3.05) is 4.90 Å². The first-order valence-electron chi connectivity index (χ1n) is 11.6. The van der Waals surface area contributed by atoms with Crippen LogP contribution in [0.25, 0.3) is 11.0 Å². The maximum Gasteiger partial charge on any atom is 0.297 e. The minimum atomic E-state index is -0.666. The Labute approximate surface area is 225 Å². The molecule has 1 aliphatic rings. The number of amides is 1. The standard InChI is InChI=1S/C28H20ClN3O3S2/c1-15-12-19-21(13-16(15)2)35-25-22(24(19)33)23(17-8-4-3-5-9-17)32(26(25)34)27-30-31-28(37-27)36-14-18-10-6-7-11-20(18)29/h3-13,23H,14H2,1-2H3. The van der Waals surface area contributed by atoms with Gasteiger partial charge in [0, 0.05) is 10.8 Å². The molecule has 1 unspecified atom stereocenters. The summed E-state index contributed by atoms with van der Waals surface area (Å²) in [6.45, 7) is 3.91. The Morgan fingerprint density at radius 3 is 2.51 bits per heavy atom. The minimum Gasteiger partial charge on any atom is -0.450 e. The van der Waals surface area contributed by atoms with Crippen molar-refractivity contribution in [1.29, 1.82) is 0 Å². The lowest BCUT2D eigenvalue weighted by molar-refractivity contribution is 0.0970. The number of carbonyl (C=O) groups is 1. The smallest absolute Gasteiger partial charge is 0.297 e. The summed E-state index contributed by atoms with van der Waals surface area (Å²) in [6.07, 6.45) is 0. The fraction of sp³-hybridized carbons (Fsp3) is 0.143. The molecule has 3 heterocycles. The van der Waals surface area contributed by atoms with E-state index in [0.29, 0.717) is 36.8 Å². The van der Waals surface area contributed by atoms with Gasteiger partial charge in [-0.25, -0.2) is 0 Å². The number of rotatable bonds is 5. The van der Waals surface area contributed by atoms with E-state index in [1.807, 2.05) is 80.6 Å². The third-order valence-electron chi connectivity index (χ3n) is 6.51. The molecule has 0 aliphatic carbocycles. The van der Waals surface area contributed by atoms with Crippen molar-refractivity contribution in [2.45, 2.75) is 30.0 Å². The fourth-order valence-corrected chi connectivity index (χ4v) is 6.64. The zero-order valence-electron chi connectivity index (χ0n) is 19.9. The van der Waals surface area contributed by atoms with Crippen LogP contribution in [0.4, 0.5) is 5.13 Å². The number of hydrogen-bond acceptors (Lipinski definition) is 7. The molecule has 0 N–H and O–H groups in total. The van der Waals surface area contributed by atoms with E-state index >= 15 is 0 Å². The van der Waals surface area contributed by atoms with E-state index in [4.69, 9.17) is 16.0 Å². The van der Waals surface area contributed by atoms with Gasteiger partial charge in [0.2, 0.25) is 10.9 Å². The molecule has 0 bridgehead atoms. The van der Waals surface area contributed by atoms with Crippen molar-refractivity contribution in [3.05, 3.63) is 116 Å². The number of thioether (sulfide) groups is 1. The molecule has 6 nitrogen and oxygen atoms in total. The van der Waals surface area contributed by atoms with Gasteiger partial charge in [-0.2, -0.15) is 0 Å². The Morgan fingerprint density at radius 1 is 1.00 bits per heavy atom. The first kappa shape index (κ1) is 23.9. The van der Waals surface area contributed by atoms with E-state index in [1.165, 1.54) is 28.0 Å². The number of anilines is 1. The summed E-state index contributed by atoms with van der Waals surface area (Å²) >= 11 is 9.09. The third kappa shape index (κ3) is 4.15. The summed E-state index contributed by atoms with van der Waals surface area (Å²) < 4.78 is 6.80. The van der Waals surface area contributed by atoms with E-state index in [9.17, 15) is 9.59 Å². The molecule has 0 spiro atoms. The monoisotopic (exact) mass is 545 g/mol. The van der Waals surface area contributed by atoms with E-state index in [-0.39, 0.29) is 11.2 Å². The van der Waals surface area contributed by atoms with Gasteiger partial charge in [0.15, 0.2) is 9.77 Å². The molecule has 184 valence electrons. The van der Waals surface area contributed by atoms with Gasteiger partial charge in [-0.1, -0.05) is 83.2 Å². The predicted octanol–water partition coefficient (Wildman–Crippen LogP) is 6.96. The number of benzene rings is 3. The summed E-state index contributed by atoms with van der Waals surface area (Å²) in [7, 11) is 0. The number of nitrogens with zero attached hydrogens (tertiary/aromatic N) is 3. The molecule has 37 heavy (non-hydrogen) atoms. The normalized spacial score (nSPS) is 14.9. The van der Waals surface area contributed by atoms with E-state index < -0.39 is 11.9 Å². The van der Waals surface area contributed by atoms with Crippen LogP contribution in [0.15, 0.2) is 80.3 Å². The minimum absolute atomic E-state index is 0.0510. The van der Waals surface area contributed by atoms with Crippen LogP contribution in [0.5, 0.6) is 0 Å². The molecule has 1 atom stereocenters. The third-order valence-corrected chi connectivity index (χ3v) is 8.99. The highest BCUT2D eigenvalue weighted by molar-refractivity contribution is 8.00. The molecule has 0 saturated heterocycles. The van der Waals surface area contributed by atoms with Gasteiger partial charge in [0.05, 0.1) is 17.0 Å². The van der Waals surface area contributed by atoms with E-state index in [0.717, 1.165) is 22.3 Å². The van der Waals surface area contributed by atoms with Gasteiger partial charge in [-0.15, -0.1) is 10.2 Å². The number of aromatic nitrogens is 2. The van der Waals surface area contributed by atoms with Crippen LogP contribution < -0.4 is 10.3 Å². The number of aryl methyl sites for hydroxylation is 2. The van der Waals surface area contributed by atoms with Crippen LogP contribution in [0.3, 0.4) is 0 Å². The summed E-state index contributed by atoms with van der Waals surface area (Å²) in [5.41, 5.74) is 4.29. The molecule has 1 aliphatic heterocycles. The summed E-state index contributed by atoms with van der Waals surface area (Å²) in [4.78, 5) is 29.1. The molecule has 6 rings (SSSR count). The van der Waals surface area contributed by atoms with Crippen molar-refractivity contribution >= 4 is 56.7 Å². The first-order chi connectivity index (χ1) is 17.9. The number of hydrogen-bond donors (Lipinski definition) is 0. The molecular formula is C28H20ClN3O3S2. The highest BCUT2D eigenvalue weighted by Crippen LogP contribution is 2.43. The summed E-state index contributed by atoms with van der Waals surface area (Å²) in [6, 6.07) is 20.1. The quantitative estimate of drug-likeness (QED) is 0.175. The SMILES string of the molecule is Cc1cc2oc3c(c(=O)c2cc1C)C(c1ccccc1)N(c1nnc(SCc2ccccc2Cl)s1)C3=O. The zero-order valence-corrected chi connectivity index (χ0v) is 22.3. The number of carbonyl (C=O) groups excluding carboxylic acids is 1. The fourth-order valence-electron chi connectivity index (χ4n) is 4.49. The lowest BCUT2D eigenvalue weighted by Crippen LogP contribution is -2.29. The van der Waals surface area contributed by atoms with Crippen LogP contribution in [-0.4, -0.2) is 16.1 Å². The van der Waals surface area contributed by atoms with Crippen molar-refractivity contribution < 1.29 is 9.21 Å². The lowest BCUT2D eigenvalue weighted by Gasteiger charge is -2.21. The topological polar surface area (TPSA) is 76.3 Å². The molecule has 1 amide bonds. The molecule has 9 heteroatoms. The number of fused-ring (bicyclic) bond motifs is 2. The Bertz CT molecular complexity index is 1730. The summed E-state index contributed by atoms with van der Waals surface area (Å²) in [5, 5.41) is 10.2. The Morgan fingerprint density at radius 2 is 1.73 bits per heavy atom. The summed E-state index contributed by atoms with van der Waals surface area (Å²) in [5.74, 6) is 0.268. The second kappa shape index (κ2) is 9.45. The van der Waals surface area contributed by atoms with Crippen LogP contribution in [0.1, 0.15) is 44.4 Å². The first-order valence-corrected chi connectivity index (χ1v) is 13.8. The average molecular weight is 546 g/mol. The molecule has 3 aromatic carbocycles. The highest BCUT2D eigenvalue weighted by atomic mass is 35.5. The van der Waals surface area contributed by atoms with Crippen molar-refractivity contribution in [3.63, 3.8) is 0 Å². The van der Waals surface area contributed by atoms with Crippen molar-refractivity contribution in [3.8, 4) is 0 Å². The molecule has 0 radical (unpaired) electrons. The number of halogens is 1. The predicted molar refractivity (Wildman–Crippen MR) is 148 cm³/mol. The zero-order chi connectivity index (χ0) is 25.7. The Hall–Kier alpha value is -3.46. The van der Waals surface area contributed by atoms with Gasteiger partial charge in [0.1, 0.15) is 5.58 Å². The van der Waals surface area contributed by atoms with Gasteiger partial charge in [0.25, 0.3) is 5.91 Å². The molecule has 0 fully saturated rings. The van der Waals surface area contributed by atoms with Gasteiger partial charge in [-0.05, 0) is 54.3 Å². The van der Waals surface area contributed by atoms with Crippen LogP contribution >= 0.6 is 34.7 Å². The van der Waals surface area contributed by atoms with Crippen LogP contribution in [0.2, 0.25) is 5.02 Å². The maximum atomic E-state index is 13.8. The Balaban J connectivity index is 1.44. The highest BCUT2D eigenvalue weighted by Gasteiger charge is 2.45. The van der Waals surface area contributed by atoms with Gasteiger partial charge >= 0.3 is 0 Å². The molecule has 2 aromatic heterocycles. The molecular weight excluding hydrogens is 526 g/mol. The van der Waals surface area contributed by atoms with Crippen LogP contribution in [-0.2, 0) is 5.75 Å². The Kier molecular flexibility index (Phi) is 6.10. The van der Waals surface area contributed by atoms with E-state index in [1.54, 1.807) is 0 Å². The van der Waals surface area contributed by atoms with Crippen molar-refractivity contribution in [1.82, 2.24) is 10.2 Å². The molecule has 0 saturated carbocycles. The lowest BCUT2D eigenvalue weighted by atomic mass is 9.98. The van der Waals surface area contributed by atoms with Gasteiger partial charge in [-0.3, -0.25) is 14.5 Å². The van der Waals surface area contributed by atoms with Crippen molar-refractivity contribution in [2.24, 2.45) is 0 Å². The average Bonchev–Trinajstić information content (AvgIpc) is 3.48. The largest absolute Gasteiger partial charge is 0.450 e. The molecule has 5 aromatic rings. The second-order valence-electron chi connectivity index (χ2n) is 8.83. The van der Waals surface area contributed by atoms with Crippen LogP contribution in [0, 0.1) is 13.8 Å².